The highest BCUT2D eigenvalue weighted by Crippen LogP contribution is 2.51. The highest BCUT2D eigenvalue weighted by Gasteiger charge is 2.22. The van der Waals surface area contributed by atoms with Crippen molar-refractivity contribution in [3.63, 3.8) is 0 Å². The van der Waals surface area contributed by atoms with Crippen molar-refractivity contribution < 1.29 is 13.6 Å². The molecule has 0 aromatic carbocycles. The summed E-state index contributed by atoms with van der Waals surface area (Å²) in [5, 5.41) is 0. The maximum absolute atomic E-state index is 12.7. The summed E-state index contributed by atoms with van der Waals surface area (Å²) in [7, 11) is -3.12. The monoisotopic (exact) mass is 316 g/mol. The van der Waals surface area contributed by atoms with Gasteiger partial charge in [0, 0.05) is 5.82 Å². The van der Waals surface area contributed by atoms with E-state index in [1.54, 1.807) is 5.82 Å². The Morgan fingerprint density at radius 2 is 1.57 bits per heavy atom. The number of allylic oxidation sites excluding steroid dienone is 3. The summed E-state index contributed by atoms with van der Waals surface area (Å²) in [6, 6.07) is 0. The van der Waals surface area contributed by atoms with Crippen LogP contribution in [0, 0.1) is 0 Å². The lowest BCUT2D eigenvalue weighted by Gasteiger charge is -2.17. The maximum Gasteiger partial charge on any atom is 0.354 e. The number of unbranched alkanes of at least 4 members (excludes halogenated alkanes) is 2. The van der Waals surface area contributed by atoms with Gasteiger partial charge < -0.3 is 9.05 Å². The van der Waals surface area contributed by atoms with E-state index in [0.29, 0.717) is 13.2 Å². The zero-order valence-electron chi connectivity index (χ0n) is 14.5. The lowest BCUT2D eigenvalue weighted by Crippen LogP contribution is -1.97. The van der Waals surface area contributed by atoms with Crippen LogP contribution in [0.15, 0.2) is 23.0 Å². The van der Waals surface area contributed by atoms with Crippen LogP contribution >= 0.6 is 7.60 Å². The van der Waals surface area contributed by atoms with E-state index in [1.807, 2.05) is 13.8 Å². The summed E-state index contributed by atoms with van der Waals surface area (Å²) in [6.45, 7) is 10.9. The Morgan fingerprint density at radius 3 is 2.00 bits per heavy atom. The van der Waals surface area contributed by atoms with Gasteiger partial charge in [0.1, 0.15) is 0 Å². The van der Waals surface area contributed by atoms with Gasteiger partial charge in [-0.2, -0.15) is 0 Å². The molecule has 0 unspecified atom stereocenters. The fraction of sp³-hybridized carbons (Fsp3) is 0.765. The normalized spacial score (nSPS) is 13.8. The number of hydrogen-bond donors (Lipinski definition) is 0. The zero-order valence-corrected chi connectivity index (χ0v) is 15.4. The van der Waals surface area contributed by atoms with E-state index in [-0.39, 0.29) is 0 Å². The van der Waals surface area contributed by atoms with Gasteiger partial charge in [-0.3, -0.25) is 4.57 Å². The minimum absolute atomic E-state index is 0.398. The van der Waals surface area contributed by atoms with Crippen LogP contribution < -0.4 is 0 Å². The van der Waals surface area contributed by atoms with Crippen LogP contribution in [0.25, 0.3) is 0 Å². The molecule has 0 N–H and O–H groups in total. The van der Waals surface area contributed by atoms with Crippen LogP contribution in [0.1, 0.15) is 73.1 Å². The fourth-order valence-corrected chi connectivity index (χ4v) is 3.90. The summed E-state index contributed by atoms with van der Waals surface area (Å²) < 4.78 is 23.6. The molecular formula is C17H33O3P. The highest BCUT2D eigenvalue weighted by molar-refractivity contribution is 7.57. The topological polar surface area (TPSA) is 35.5 Å². The molecule has 0 bridgehead atoms. The number of rotatable bonds is 12. The van der Waals surface area contributed by atoms with Crippen molar-refractivity contribution in [3.05, 3.63) is 23.0 Å². The van der Waals surface area contributed by atoms with Crippen LogP contribution in [-0.2, 0) is 13.6 Å². The summed E-state index contributed by atoms with van der Waals surface area (Å²) >= 11 is 0. The Kier molecular flexibility index (Phi) is 12.0. The molecule has 0 fully saturated rings. The van der Waals surface area contributed by atoms with Gasteiger partial charge >= 0.3 is 7.60 Å². The third-order valence-electron chi connectivity index (χ3n) is 3.23. The smallest absolute Gasteiger partial charge is 0.306 e. The van der Waals surface area contributed by atoms with Crippen molar-refractivity contribution in [2.24, 2.45) is 0 Å². The molecule has 124 valence electrons. The molecule has 0 radical (unpaired) electrons. The van der Waals surface area contributed by atoms with Crippen LogP contribution in [0.4, 0.5) is 0 Å². The van der Waals surface area contributed by atoms with E-state index in [9.17, 15) is 4.57 Å². The summed E-state index contributed by atoms with van der Waals surface area (Å²) in [6.07, 6.45) is 8.58. The maximum atomic E-state index is 12.7. The molecule has 0 aliphatic heterocycles. The van der Waals surface area contributed by atoms with Crippen molar-refractivity contribution in [2.45, 2.75) is 73.1 Å². The third kappa shape index (κ3) is 8.60. The Bertz CT molecular complexity index is 362. The Hall–Kier alpha value is -0.370. The van der Waals surface area contributed by atoms with E-state index in [1.165, 1.54) is 18.4 Å². The van der Waals surface area contributed by atoms with E-state index >= 15 is 0 Å². The first kappa shape index (κ1) is 20.6. The van der Waals surface area contributed by atoms with Gasteiger partial charge in [-0.1, -0.05) is 39.7 Å². The molecule has 0 amide bonds. The van der Waals surface area contributed by atoms with Crippen molar-refractivity contribution in [3.8, 4) is 0 Å². The van der Waals surface area contributed by atoms with E-state index in [0.717, 1.165) is 31.3 Å². The van der Waals surface area contributed by atoms with E-state index < -0.39 is 7.60 Å². The van der Waals surface area contributed by atoms with Crippen molar-refractivity contribution >= 4 is 7.60 Å². The molecule has 21 heavy (non-hydrogen) atoms. The molecule has 0 rings (SSSR count). The average Bonchev–Trinajstić information content (AvgIpc) is 2.44. The van der Waals surface area contributed by atoms with Gasteiger partial charge in [-0.05, 0) is 50.7 Å². The van der Waals surface area contributed by atoms with Crippen LogP contribution in [0.3, 0.4) is 0 Å². The first-order chi connectivity index (χ1) is 10.1. The summed E-state index contributed by atoms with van der Waals surface area (Å²) in [5.74, 6) is 1.76. The SMILES string of the molecule is CC/C=C(CC)/C(=C/P(=O)(OCC)OCC)CCCCC. The predicted octanol–water partition coefficient (Wildman–Crippen LogP) is 6.46. The van der Waals surface area contributed by atoms with Gasteiger partial charge in [0.15, 0.2) is 0 Å². The minimum atomic E-state index is -3.12. The lowest BCUT2D eigenvalue weighted by molar-refractivity contribution is 0.228. The lowest BCUT2D eigenvalue weighted by atomic mass is 9.98. The highest BCUT2D eigenvalue weighted by atomic mass is 31.2. The molecule has 3 nitrogen and oxygen atoms in total. The second kappa shape index (κ2) is 12.2. The molecule has 0 aromatic rings. The van der Waals surface area contributed by atoms with Crippen LogP contribution in [-0.4, -0.2) is 13.2 Å². The first-order valence-corrected chi connectivity index (χ1v) is 9.97. The quantitative estimate of drug-likeness (QED) is 0.235. The Balaban J connectivity index is 5.35. The minimum Gasteiger partial charge on any atom is -0.306 e. The zero-order chi connectivity index (χ0) is 16.1. The second-order valence-electron chi connectivity index (χ2n) is 4.98. The molecule has 0 saturated carbocycles. The molecule has 0 aliphatic rings. The van der Waals surface area contributed by atoms with Gasteiger partial charge in [-0.15, -0.1) is 0 Å². The Labute approximate surface area is 131 Å². The molecule has 0 saturated heterocycles. The molecule has 0 aliphatic carbocycles. The number of hydrogen-bond acceptors (Lipinski definition) is 3. The van der Waals surface area contributed by atoms with E-state index in [4.69, 9.17) is 9.05 Å². The van der Waals surface area contributed by atoms with Crippen LogP contribution in [0.2, 0.25) is 0 Å². The molecule has 4 heteroatoms. The largest absolute Gasteiger partial charge is 0.354 e. The molecule has 0 atom stereocenters. The molecule has 0 aromatic heterocycles. The average molecular weight is 316 g/mol. The van der Waals surface area contributed by atoms with Gasteiger partial charge in [-0.25, -0.2) is 0 Å². The summed E-state index contributed by atoms with van der Waals surface area (Å²) in [5.41, 5.74) is 2.41. The second-order valence-corrected chi connectivity index (χ2v) is 6.83. The summed E-state index contributed by atoms with van der Waals surface area (Å²) in [4.78, 5) is 0. The standard InChI is InChI=1S/C17H33O3P/c1-6-11-12-14-17(16(8-3)13-7-2)15-21(18,19-9-4)20-10-5/h13,15H,6-12,14H2,1-5H3/b16-13+,17-15+. The molecule has 0 spiro atoms. The fourth-order valence-electron chi connectivity index (χ4n) is 2.28. The predicted molar refractivity (Wildman–Crippen MR) is 91.7 cm³/mol. The molecule has 0 heterocycles. The van der Waals surface area contributed by atoms with Crippen molar-refractivity contribution in [1.82, 2.24) is 0 Å². The van der Waals surface area contributed by atoms with Gasteiger partial charge in [0.05, 0.1) is 13.2 Å². The van der Waals surface area contributed by atoms with Gasteiger partial charge in [0.25, 0.3) is 0 Å². The Morgan fingerprint density at radius 1 is 0.952 bits per heavy atom. The van der Waals surface area contributed by atoms with Gasteiger partial charge in [0.2, 0.25) is 0 Å². The third-order valence-corrected chi connectivity index (χ3v) is 5.09. The van der Waals surface area contributed by atoms with Crippen molar-refractivity contribution in [2.75, 3.05) is 13.2 Å². The van der Waals surface area contributed by atoms with Crippen molar-refractivity contribution in [1.29, 1.82) is 0 Å². The molecular weight excluding hydrogens is 283 g/mol. The first-order valence-electron chi connectivity index (χ1n) is 8.36. The van der Waals surface area contributed by atoms with E-state index in [2.05, 4.69) is 26.8 Å². The van der Waals surface area contributed by atoms with Crippen LogP contribution in [0.5, 0.6) is 0 Å².